The molecule has 3 rings (SSSR count). The molecule has 120 valence electrons. The lowest BCUT2D eigenvalue weighted by Crippen LogP contribution is -2.30. The number of ether oxygens (including phenoxy) is 2. The molecular weight excluding hydrogens is 294 g/mol. The van der Waals surface area contributed by atoms with Crippen molar-refractivity contribution >= 4 is 6.09 Å². The first-order chi connectivity index (χ1) is 11.2. The SMILES string of the molecule is COc1cccc(CN2C(=O)O[C@@H](CO)[C@H]2c2ccccc2)c1. The first-order valence-electron chi connectivity index (χ1n) is 7.49. The summed E-state index contributed by atoms with van der Waals surface area (Å²) in [6.45, 7) is 0.187. The van der Waals surface area contributed by atoms with Crippen molar-refractivity contribution in [2.24, 2.45) is 0 Å². The first kappa shape index (κ1) is 15.4. The fourth-order valence-corrected chi connectivity index (χ4v) is 2.89. The first-order valence-corrected chi connectivity index (χ1v) is 7.49. The van der Waals surface area contributed by atoms with E-state index in [0.717, 1.165) is 16.9 Å². The Hall–Kier alpha value is -2.53. The highest BCUT2D eigenvalue weighted by atomic mass is 16.6. The van der Waals surface area contributed by atoms with Crippen molar-refractivity contribution in [2.75, 3.05) is 13.7 Å². The molecule has 0 aromatic heterocycles. The van der Waals surface area contributed by atoms with Gasteiger partial charge < -0.3 is 14.6 Å². The van der Waals surface area contributed by atoms with Crippen LogP contribution in [0.25, 0.3) is 0 Å². The van der Waals surface area contributed by atoms with Crippen molar-refractivity contribution in [1.29, 1.82) is 0 Å². The largest absolute Gasteiger partial charge is 0.497 e. The van der Waals surface area contributed by atoms with Crippen LogP contribution in [0.5, 0.6) is 5.75 Å². The van der Waals surface area contributed by atoms with Gasteiger partial charge >= 0.3 is 6.09 Å². The Labute approximate surface area is 135 Å². The van der Waals surface area contributed by atoms with Crippen LogP contribution in [0.1, 0.15) is 17.2 Å². The molecule has 0 aliphatic carbocycles. The molecule has 2 aromatic carbocycles. The van der Waals surface area contributed by atoms with Crippen LogP contribution in [0.15, 0.2) is 54.6 Å². The average molecular weight is 313 g/mol. The van der Waals surface area contributed by atoms with Crippen LogP contribution < -0.4 is 4.74 Å². The topological polar surface area (TPSA) is 59.0 Å². The number of nitrogens with zero attached hydrogens (tertiary/aromatic N) is 1. The number of methoxy groups -OCH3 is 1. The van der Waals surface area contributed by atoms with Crippen LogP contribution in [0, 0.1) is 0 Å². The maximum absolute atomic E-state index is 12.2. The number of carbonyl (C=O) groups is 1. The average Bonchev–Trinajstić information content (AvgIpc) is 2.91. The van der Waals surface area contributed by atoms with Gasteiger partial charge in [-0.25, -0.2) is 4.79 Å². The van der Waals surface area contributed by atoms with Gasteiger partial charge in [0, 0.05) is 6.54 Å². The minimum absolute atomic E-state index is 0.208. The van der Waals surface area contributed by atoms with Gasteiger partial charge in [-0.15, -0.1) is 0 Å². The number of aliphatic hydroxyl groups is 1. The van der Waals surface area contributed by atoms with E-state index in [4.69, 9.17) is 9.47 Å². The minimum Gasteiger partial charge on any atom is -0.497 e. The summed E-state index contributed by atoms with van der Waals surface area (Å²) in [6.07, 6.45) is -0.976. The Morgan fingerprint density at radius 1 is 1.17 bits per heavy atom. The Kier molecular flexibility index (Phi) is 4.48. The van der Waals surface area contributed by atoms with E-state index in [1.807, 2.05) is 54.6 Å². The van der Waals surface area contributed by atoms with Crippen molar-refractivity contribution in [3.63, 3.8) is 0 Å². The highest BCUT2D eigenvalue weighted by Crippen LogP contribution is 2.34. The molecule has 1 amide bonds. The summed E-state index contributed by atoms with van der Waals surface area (Å²) >= 11 is 0. The second-order valence-corrected chi connectivity index (χ2v) is 5.44. The molecule has 0 bridgehead atoms. The number of aliphatic hydroxyl groups excluding tert-OH is 1. The maximum Gasteiger partial charge on any atom is 0.411 e. The predicted octanol–water partition coefficient (Wildman–Crippen LogP) is 2.75. The van der Waals surface area contributed by atoms with Gasteiger partial charge in [0.05, 0.1) is 13.7 Å². The van der Waals surface area contributed by atoms with Gasteiger partial charge in [-0.3, -0.25) is 4.90 Å². The van der Waals surface area contributed by atoms with E-state index < -0.39 is 12.2 Å². The quantitative estimate of drug-likeness (QED) is 0.922. The molecular formula is C18H19NO4. The summed E-state index contributed by atoms with van der Waals surface area (Å²) in [6, 6.07) is 16.9. The third-order valence-corrected chi connectivity index (χ3v) is 3.98. The summed E-state index contributed by atoms with van der Waals surface area (Å²) in [5.41, 5.74) is 1.89. The fourth-order valence-electron chi connectivity index (χ4n) is 2.89. The maximum atomic E-state index is 12.2. The molecule has 5 nitrogen and oxygen atoms in total. The van der Waals surface area contributed by atoms with Crippen molar-refractivity contribution in [3.05, 3.63) is 65.7 Å². The molecule has 1 saturated heterocycles. The van der Waals surface area contributed by atoms with Crippen molar-refractivity contribution in [2.45, 2.75) is 18.7 Å². The Bertz CT molecular complexity index is 674. The summed E-state index contributed by atoms with van der Waals surface area (Å²) in [5.74, 6) is 0.741. The number of benzene rings is 2. The molecule has 23 heavy (non-hydrogen) atoms. The summed E-state index contributed by atoms with van der Waals surface area (Å²) < 4.78 is 10.5. The molecule has 1 heterocycles. The van der Waals surface area contributed by atoms with E-state index in [-0.39, 0.29) is 12.6 Å². The highest BCUT2D eigenvalue weighted by molar-refractivity contribution is 5.71. The van der Waals surface area contributed by atoms with Gasteiger partial charge in [-0.05, 0) is 23.3 Å². The van der Waals surface area contributed by atoms with Crippen LogP contribution in [-0.4, -0.2) is 35.9 Å². The zero-order chi connectivity index (χ0) is 16.2. The van der Waals surface area contributed by atoms with Crippen LogP contribution in [0.2, 0.25) is 0 Å². The number of cyclic esters (lactones) is 1. The molecule has 1 fully saturated rings. The van der Waals surface area contributed by atoms with Crippen LogP contribution in [0.3, 0.4) is 0 Å². The van der Waals surface area contributed by atoms with E-state index in [2.05, 4.69) is 0 Å². The van der Waals surface area contributed by atoms with Gasteiger partial charge in [0.25, 0.3) is 0 Å². The van der Waals surface area contributed by atoms with Crippen molar-refractivity contribution in [1.82, 2.24) is 4.90 Å². The van der Waals surface area contributed by atoms with Gasteiger partial charge in [0.1, 0.15) is 11.8 Å². The van der Waals surface area contributed by atoms with Crippen molar-refractivity contribution in [3.8, 4) is 5.75 Å². The molecule has 1 aliphatic heterocycles. The molecule has 1 aliphatic rings. The molecule has 0 unspecified atom stereocenters. The monoisotopic (exact) mass is 313 g/mol. The van der Waals surface area contributed by atoms with Gasteiger partial charge in [-0.2, -0.15) is 0 Å². The molecule has 5 heteroatoms. The molecule has 1 N–H and O–H groups in total. The van der Waals surface area contributed by atoms with Crippen molar-refractivity contribution < 1.29 is 19.4 Å². The highest BCUT2D eigenvalue weighted by Gasteiger charge is 2.42. The van der Waals surface area contributed by atoms with Gasteiger partial charge in [0.15, 0.2) is 6.10 Å². The summed E-state index contributed by atoms with van der Waals surface area (Å²) in [4.78, 5) is 13.9. The number of hydrogen-bond donors (Lipinski definition) is 1. The lowest BCUT2D eigenvalue weighted by molar-refractivity contribution is 0.0827. The second-order valence-electron chi connectivity index (χ2n) is 5.44. The van der Waals surface area contributed by atoms with Crippen LogP contribution >= 0.6 is 0 Å². The third kappa shape index (κ3) is 3.14. The lowest BCUT2D eigenvalue weighted by atomic mass is 10.0. The minimum atomic E-state index is -0.560. The summed E-state index contributed by atoms with van der Waals surface area (Å²) in [7, 11) is 1.61. The van der Waals surface area contributed by atoms with E-state index in [0.29, 0.717) is 6.54 Å². The fraction of sp³-hybridized carbons (Fsp3) is 0.278. The Morgan fingerprint density at radius 2 is 1.96 bits per heavy atom. The summed E-state index contributed by atoms with van der Waals surface area (Å²) in [5, 5.41) is 9.56. The standard InChI is InChI=1S/C18H19NO4/c1-22-15-9-5-6-13(10-15)11-19-17(14-7-3-2-4-8-14)16(12-20)23-18(19)21/h2-10,16-17,20H,11-12H2,1H3/t16-,17+/m0/s1. The van der Waals surface area contributed by atoms with Gasteiger partial charge in [-0.1, -0.05) is 42.5 Å². The number of hydrogen-bond acceptors (Lipinski definition) is 4. The Balaban J connectivity index is 1.89. The zero-order valence-corrected chi connectivity index (χ0v) is 12.9. The van der Waals surface area contributed by atoms with Crippen LogP contribution in [0.4, 0.5) is 4.79 Å². The second kappa shape index (κ2) is 6.71. The Morgan fingerprint density at radius 3 is 2.65 bits per heavy atom. The lowest BCUT2D eigenvalue weighted by Gasteiger charge is -2.24. The predicted molar refractivity (Wildman–Crippen MR) is 85.1 cm³/mol. The molecule has 0 spiro atoms. The molecule has 2 aromatic rings. The smallest absolute Gasteiger partial charge is 0.411 e. The van der Waals surface area contributed by atoms with E-state index in [9.17, 15) is 9.90 Å². The van der Waals surface area contributed by atoms with Gasteiger partial charge in [0.2, 0.25) is 0 Å². The van der Waals surface area contributed by atoms with E-state index in [1.54, 1.807) is 12.0 Å². The number of rotatable bonds is 5. The zero-order valence-electron chi connectivity index (χ0n) is 12.9. The van der Waals surface area contributed by atoms with E-state index >= 15 is 0 Å². The molecule has 0 radical (unpaired) electrons. The normalized spacial score (nSPS) is 20.4. The number of carbonyl (C=O) groups excluding carboxylic acids is 1. The third-order valence-electron chi connectivity index (χ3n) is 3.98. The number of amides is 1. The van der Waals surface area contributed by atoms with Crippen LogP contribution in [-0.2, 0) is 11.3 Å². The molecule has 0 saturated carbocycles. The molecule has 2 atom stereocenters. The van der Waals surface area contributed by atoms with E-state index in [1.165, 1.54) is 0 Å².